The van der Waals surface area contributed by atoms with Crippen LogP contribution in [0.1, 0.15) is 13.3 Å². The molecule has 0 aliphatic carbocycles. The smallest absolute Gasteiger partial charge is 0.309 e. The first kappa shape index (κ1) is 10.2. The highest BCUT2D eigenvalue weighted by Crippen LogP contribution is 1.96. The zero-order valence-corrected chi connectivity index (χ0v) is 6.91. The highest BCUT2D eigenvalue weighted by Gasteiger charge is 1.95. The predicted molar refractivity (Wildman–Crippen MR) is 42.0 cm³/mol. The van der Waals surface area contributed by atoms with Gasteiger partial charge in [-0.2, -0.15) is 0 Å². The van der Waals surface area contributed by atoms with Crippen molar-refractivity contribution in [2.75, 3.05) is 13.7 Å². The van der Waals surface area contributed by atoms with Crippen molar-refractivity contribution in [2.24, 2.45) is 5.92 Å². The molecule has 0 unspecified atom stereocenters. The third-order valence-electron chi connectivity index (χ3n) is 1.26. The number of ether oxygens (including phenoxy) is 1. The van der Waals surface area contributed by atoms with Gasteiger partial charge in [0.25, 0.3) is 0 Å². The molecular weight excluding hydrogens is 144 g/mol. The van der Waals surface area contributed by atoms with E-state index in [1.165, 1.54) is 7.11 Å². The largest absolute Gasteiger partial charge is 0.469 e. The average molecular weight is 158 g/mol. The molecule has 1 N–H and O–H groups in total. The topological polar surface area (TPSA) is 46.5 Å². The van der Waals surface area contributed by atoms with Crippen molar-refractivity contribution in [3.05, 3.63) is 12.2 Å². The number of carbonyl (C=O) groups is 1. The molecule has 0 saturated heterocycles. The molecule has 0 aliphatic rings. The van der Waals surface area contributed by atoms with Gasteiger partial charge in [0.05, 0.1) is 13.5 Å². The molecule has 0 aromatic heterocycles. The van der Waals surface area contributed by atoms with Gasteiger partial charge in [-0.1, -0.05) is 19.1 Å². The molecule has 0 radical (unpaired) electrons. The van der Waals surface area contributed by atoms with Crippen LogP contribution in [-0.2, 0) is 9.53 Å². The van der Waals surface area contributed by atoms with Crippen LogP contribution in [0.2, 0.25) is 0 Å². The number of rotatable bonds is 4. The summed E-state index contributed by atoms with van der Waals surface area (Å²) in [5.41, 5.74) is 0. The van der Waals surface area contributed by atoms with E-state index >= 15 is 0 Å². The summed E-state index contributed by atoms with van der Waals surface area (Å²) in [5.74, 6) is -0.147. The van der Waals surface area contributed by atoms with Gasteiger partial charge in [-0.15, -0.1) is 0 Å². The number of esters is 1. The number of aliphatic hydroxyl groups excluding tert-OH is 1. The lowest BCUT2D eigenvalue weighted by molar-refractivity contribution is -0.139. The SMILES string of the molecule is COC(=O)C/C=C/[C@H](C)CO. The van der Waals surface area contributed by atoms with Crippen LogP contribution >= 0.6 is 0 Å². The van der Waals surface area contributed by atoms with Gasteiger partial charge in [0.15, 0.2) is 0 Å². The highest BCUT2D eigenvalue weighted by atomic mass is 16.5. The van der Waals surface area contributed by atoms with Crippen molar-refractivity contribution in [3.63, 3.8) is 0 Å². The quantitative estimate of drug-likeness (QED) is 0.484. The summed E-state index contributed by atoms with van der Waals surface area (Å²) in [6.45, 7) is 1.98. The van der Waals surface area contributed by atoms with Crippen molar-refractivity contribution < 1.29 is 14.6 Å². The summed E-state index contributed by atoms with van der Waals surface area (Å²) in [5, 5.41) is 8.59. The van der Waals surface area contributed by atoms with Crippen LogP contribution in [0.3, 0.4) is 0 Å². The van der Waals surface area contributed by atoms with E-state index in [1.807, 2.05) is 6.92 Å². The van der Waals surface area contributed by atoms with E-state index in [9.17, 15) is 4.79 Å². The Hall–Kier alpha value is -0.830. The lowest BCUT2D eigenvalue weighted by Gasteiger charge is -1.97. The van der Waals surface area contributed by atoms with E-state index in [0.29, 0.717) is 0 Å². The normalized spacial score (nSPS) is 13.4. The molecule has 0 spiro atoms. The Morgan fingerprint density at radius 2 is 2.36 bits per heavy atom. The number of hydrogen-bond acceptors (Lipinski definition) is 3. The number of hydrogen-bond donors (Lipinski definition) is 1. The van der Waals surface area contributed by atoms with Gasteiger partial charge >= 0.3 is 5.97 Å². The first-order valence-corrected chi connectivity index (χ1v) is 3.55. The monoisotopic (exact) mass is 158 g/mol. The van der Waals surface area contributed by atoms with Crippen molar-refractivity contribution in [1.29, 1.82) is 0 Å². The molecule has 3 nitrogen and oxygen atoms in total. The molecule has 0 rings (SSSR count). The molecule has 0 fully saturated rings. The fourth-order valence-corrected chi connectivity index (χ4v) is 0.541. The molecule has 0 aromatic rings. The number of aliphatic hydroxyl groups is 1. The Kier molecular flexibility index (Phi) is 5.47. The minimum Gasteiger partial charge on any atom is -0.469 e. The van der Waals surface area contributed by atoms with Crippen LogP contribution in [0, 0.1) is 5.92 Å². The first-order valence-electron chi connectivity index (χ1n) is 3.55. The van der Waals surface area contributed by atoms with Crippen molar-refractivity contribution in [1.82, 2.24) is 0 Å². The molecular formula is C8H14O3. The Labute approximate surface area is 66.7 Å². The average Bonchev–Trinajstić information content (AvgIpc) is 2.04. The lowest BCUT2D eigenvalue weighted by atomic mass is 10.2. The zero-order chi connectivity index (χ0) is 8.69. The van der Waals surface area contributed by atoms with Gasteiger partial charge in [0.1, 0.15) is 0 Å². The maximum Gasteiger partial charge on any atom is 0.309 e. The van der Waals surface area contributed by atoms with Crippen LogP contribution < -0.4 is 0 Å². The van der Waals surface area contributed by atoms with Crippen molar-refractivity contribution in [2.45, 2.75) is 13.3 Å². The van der Waals surface area contributed by atoms with Gasteiger partial charge in [0.2, 0.25) is 0 Å². The molecule has 0 aromatic carbocycles. The standard InChI is InChI=1S/C8H14O3/c1-7(6-9)4-3-5-8(10)11-2/h3-4,7,9H,5-6H2,1-2H3/b4-3+/t7-/m0/s1. The Morgan fingerprint density at radius 3 is 2.82 bits per heavy atom. The van der Waals surface area contributed by atoms with Gasteiger partial charge in [-0.25, -0.2) is 0 Å². The molecule has 0 aliphatic heterocycles. The van der Waals surface area contributed by atoms with Gasteiger partial charge < -0.3 is 9.84 Å². The third kappa shape index (κ3) is 5.61. The Bertz CT molecular complexity index is 140. The molecule has 1 atom stereocenters. The van der Waals surface area contributed by atoms with Gasteiger partial charge in [-0.05, 0) is 5.92 Å². The predicted octanol–water partition coefficient (Wildman–Crippen LogP) is 0.734. The van der Waals surface area contributed by atoms with Gasteiger partial charge in [0, 0.05) is 6.61 Å². The molecule has 11 heavy (non-hydrogen) atoms. The molecule has 0 amide bonds. The fourth-order valence-electron chi connectivity index (χ4n) is 0.541. The molecule has 64 valence electrons. The first-order chi connectivity index (χ1) is 5.20. The Morgan fingerprint density at radius 1 is 1.73 bits per heavy atom. The van der Waals surface area contributed by atoms with E-state index in [0.717, 1.165) is 0 Å². The molecule has 0 saturated carbocycles. The van der Waals surface area contributed by atoms with Gasteiger partial charge in [-0.3, -0.25) is 4.79 Å². The minimum atomic E-state index is -0.258. The van der Waals surface area contributed by atoms with E-state index in [1.54, 1.807) is 12.2 Å². The number of carbonyl (C=O) groups excluding carboxylic acids is 1. The summed E-state index contributed by atoms with van der Waals surface area (Å²) >= 11 is 0. The fraction of sp³-hybridized carbons (Fsp3) is 0.625. The maximum atomic E-state index is 10.5. The van der Waals surface area contributed by atoms with Crippen LogP contribution in [0.15, 0.2) is 12.2 Å². The summed E-state index contributed by atoms with van der Waals surface area (Å²) in [7, 11) is 1.35. The van der Waals surface area contributed by atoms with Crippen LogP contribution in [0.25, 0.3) is 0 Å². The van der Waals surface area contributed by atoms with Crippen LogP contribution in [0.5, 0.6) is 0 Å². The Balaban J connectivity index is 3.51. The summed E-state index contributed by atoms with van der Waals surface area (Å²) in [4.78, 5) is 10.5. The van der Waals surface area contributed by atoms with E-state index < -0.39 is 0 Å². The second-order valence-electron chi connectivity index (χ2n) is 2.37. The lowest BCUT2D eigenvalue weighted by Crippen LogP contribution is -1.99. The van der Waals surface area contributed by atoms with Crippen LogP contribution in [-0.4, -0.2) is 24.8 Å². The molecule has 0 bridgehead atoms. The van der Waals surface area contributed by atoms with Crippen LogP contribution in [0.4, 0.5) is 0 Å². The zero-order valence-electron chi connectivity index (χ0n) is 6.91. The summed E-state index contributed by atoms with van der Waals surface area (Å²) < 4.78 is 4.41. The third-order valence-corrected chi connectivity index (χ3v) is 1.26. The second kappa shape index (κ2) is 5.92. The minimum absolute atomic E-state index is 0.109. The van der Waals surface area contributed by atoms with Crippen molar-refractivity contribution >= 4 is 5.97 Å². The summed E-state index contributed by atoms with van der Waals surface area (Å²) in [6, 6.07) is 0. The molecule has 0 heterocycles. The second-order valence-corrected chi connectivity index (χ2v) is 2.37. The molecule has 3 heteroatoms. The number of methoxy groups -OCH3 is 1. The summed E-state index contributed by atoms with van der Waals surface area (Å²) in [6.07, 6.45) is 3.77. The maximum absolute atomic E-state index is 10.5. The highest BCUT2D eigenvalue weighted by molar-refractivity contribution is 5.70. The van der Waals surface area contributed by atoms with E-state index in [4.69, 9.17) is 5.11 Å². The van der Waals surface area contributed by atoms with Crippen molar-refractivity contribution in [3.8, 4) is 0 Å². The van der Waals surface area contributed by atoms with E-state index in [2.05, 4.69) is 4.74 Å². The van der Waals surface area contributed by atoms with E-state index in [-0.39, 0.29) is 24.9 Å².